The Morgan fingerprint density at radius 3 is 2.73 bits per heavy atom. The third-order valence-electron chi connectivity index (χ3n) is 2.26. The minimum absolute atomic E-state index is 0.227. The Labute approximate surface area is 102 Å². The molecule has 0 aliphatic carbocycles. The summed E-state index contributed by atoms with van der Waals surface area (Å²) in [6, 6.07) is 0. The van der Waals surface area contributed by atoms with E-state index in [0.29, 0.717) is 4.34 Å². The van der Waals surface area contributed by atoms with Gasteiger partial charge in [-0.1, -0.05) is 18.5 Å². The van der Waals surface area contributed by atoms with Gasteiger partial charge in [0.2, 0.25) is 0 Å². The van der Waals surface area contributed by atoms with E-state index in [1.54, 1.807) is 6.20 Å². The molecule has 0 bridgehead atoms. The second-order valence-corrected chi connectivity index (χ2v) is 7.56. The molecule has 0 spiro atoms. The van der Waals surface area contributed by atoms with Crippen molar-refractivity contribution in [2.75, 3.05) is 0 Å². The maximum absolute atomic E-state index is 11.3. The average Bonchev–Trinajstić information content (AvgIpc) is 2.50. The monoisotopic (exact) mass is 266 g/mol. The van der Waals surface area contributed by atoms with Gasteiger partial charge in [0, 0.05) is 5.92 Å². The molecular formula is C9H15ClN2OS2. The quantitative estimate of drug-likeness (QED) is 0.911. The highest BCUT2D eigenvalue weighted by molar-refractivity contribution is 7.84. The fraction of sp³-hybridized carbons (Fsp3) is 0.667. The van der Waals surface area contributed by atoms with E-state index in [4.69, 9.17) is 16.7 Å². The van der Waals surface area contributed by atoms with Crippen molar-refractivity contribution in [1.29, 1.82) is 0 Å². The molecule has 6 heteroatoms. The second kappa shape index (κ2) is 4.91. The lowest BCUT2D eigenvalue weighted by atomic mass is 9.99. The summed E-state index contributed by atoms with van der Waals surface area (Å²) < 4.78 is 11.6. The van der Waals surface area contributed by atoms with Crippen LogP contribution in [0.15, 0.2) is 6.20 Å². The van der Waals surface area contributed by atoms with Crippen molar-refractivity contribution in [2.45, 2.75) is 37.9 Å². The molecule has 1 heterocycles. The van der Waals surface area contributed by atoms with Gasteiger partial charge in [-0.05, 0) is 20.3 Å². The molecule has 0 fully saturated rings. The van der Waals surface area contributed by atoms with E-state index >= 15 is 0 Å². The van der Waals surface area contributed by atoms with Crippen molar-refractivity contribution >= 4 is 33.9 Å². The summed E-state index contributed by atoms with van der Waals surface area (Å²) >= 11 is 7.27. The Hall–Kier alpha value is 0.0300. The van der Waals surface area contributed by atoms with Gasteiger partial charge >= 0.3 is 0 Å². The molecule has 2 atom stereocenters. The minimum Gasteiger partial charge on any atom is -0.251 e. The first-order valence-electron chi connectivity index (χ1n) is 4.60. The highest BCUT2D eigenvalue weighted by Gasteiger charge is 2.27. The Balaban J connectivity index is 2.71. The van der Waals surface area contributed by atoms with Crippen LogP contribution in [0.4, 0.5) is 0 Å². The summed E-state index contributed by atoms with van der Waals surface area (Å²) in [5.41, 5.74) is 0. The van der Waals surface area contributed by atoms with E-state index in [1.165, 1.54) is 11.3 Å². The van der Waals surface area contributed by atoms with Gasteiger partial charge in [0.05, 0.1) is 26.9 Å². The molecule has 0 aliphatic rings. The SMILES string of the molecule is CC(CC(C)(C)[S@](N)=O)c1ncc(Cl)s1. The fourth-order valence-electron chi connectivity index (χ4n) is 1.40. The number of rotatable bonds is 4. The van der Waals surface area contributed by atoms with Crippen LogP contribution in [0.2, 0.25) is 4.34 Å². The maximum atomic E-state index is 11.3. The molecule has 0 radical (unpaired) electrons. The van der Waals surface area contributed by atoms with Gasteiger partial charge in [-0.3, -0.25) is 5.14 Å². The first-order valence-corrected chi connectivity index (χ1v) is 7.01. The normalized spacial score (nSPS) is 16.3. The number of hydrogen-bond donors (Lipinski definition) is 1. The van der Waals surface area contributed by atoms with Crippen LogP contribution in [-0.4, -0.2) is 13.9 Å². The zero-order chi connectivity index (χ0) is 11.6. The molecule has 1 unspecified atom stereocenters. The van der Waals surface area contributed by atoms with Gasteiger partial charge in [0.1, 0.15) is 4.34 Å². The van der Waals surface area contributed by atoms with Gasteiger partial charge in [-0.15, -0.1) is 11.3 Å². The van der Waals surface area contributed by atoms with Crippen molar-refractivity contribution < 1.29 is 4.21 Å². The second-order valence-electron chi connectivity index (χ2n) is 4.16. The van der Waals surface area contributed by atoms with Crippen LogP contribution < -0.4 is 5.14 Å². The summed E-state index contributed by atoms with van der Waals surface area (Å²) in [7, 11) is -1.32. The largest absolute Gasteiger partial charge is 0.251 e. The van der Waals surface area contributed by atoms with Gasteiger partial charge in [0.25, 0.3) is 0 Å². The van der Waals surface area contributed by atoms with Crippen molar-refractivity contribution in [3.63, 3.8) is 0 Å². The third-order valence-corrected chi connectivity index (χ3v) is 4.86. The lowest BCUT2D eigenvalue weighted by molar-refractivity contribution is 0.539. The Bertz CT molecular complexity index is 365. The van der Waals surface area contributed by atoms with Crippen LogP contribution >= 0.6 is 22.9 Å². The van der Waals surface area contributed by atoms with Gasteiger partial charge in [-0.25, -0.2) is 9.19 Å². The molecule has 0 aliphatic heterocycles. The highest BCUT2D eigenvalue weighted by atomic mass is 35.5. The van der Waals surface area contributed by atoms with Gasteiger partial charge < -0.3 is 0 Å². The first-order chi connectivity index (χ1) is 6.83. The Morgan fingerprint density at radius 2 is 2.33 bits per heavy atom. The summed E-state index contributed by atoms with van der Waals surface area (Å²) in [4.78, 5) is 4.21. The van der Waals surface area contributed by atoms with Crippen LogP contribution in [0.1, 0.15) is 38.1 Å². The molecule has 3 nitrogen and oxygen atoms in total. The topological polar surface area (TPSA) is 56.0 Å². The summed E-state index contributed by atoms with van der Waals surface area (Å²) in [5, 5.41) is 6.40. The molecule has 86 valence electrons. The number of hydrogen-bond acceptors (Lipinski definition) is 3. The molecule has 0 aromatic carbocycles. The van der Waals surface area contributed by atoms with Crippen LogP contribution in [0, 0.1) is 0 Å². The van der Waals surface area contributed by atoms with Crippen LogP contribution in [0.5, 0.6) is 0 Å². The van der Waals surface area contributed by atoms with E-state index < -0.39 is 15.7 Å². The molecule has 1 aromatic heterocycles. The van der Waals surface area contributed by atoms with Gasteiger partial charge in [-0.2, -0.15) is 0 Å². The Morgan fingerprint density at radius 1 is 1.73 bits per heavy atom. The minimum atomic E-state index is -1.32. The average molecular weight is 267 g/mol. The first kappa shape index (κ1) is 13.1. The van der Waals surface area contributed by atoms with E-state index in [0.717, 1.165) is 11.4 Å². The summed E-state index contributed by atoms with van der Waals surface area (Å²) in [6.45, 7) is 5.84. The predicted molar refractivity (Wildman–Crippen MR) is 66.6 cm³/mol. The third kappa shape index (κ3) is 3.52. The predicted octanol–water partition coefficient (Wildman–Crippen LogP) is 2.69. The summed E-state index contributed by atoms with van der Waals surface area (Å²) in [6.07, 6.45) is 2.38. The van der Waals surface area contributed by atoms with Crippen LogP contribution in [-0.2, 0) is 11.0 Å². The molecule has 1 rings (SSSR count). The molecule has 1 aromatic rings. The lowest BCUT2D eigenvalue weighted by Gasteiger charge is -2.23. The number of aromatic nitrogens is 1. The van der Waals surface area contributed by atoms with E-state index in [2.05, 4.69) is 4.98 Å². The zero-order valence-electron chi connectivity index (χ0n) is 8.99. The van der Waals surface area contributed by atoms with Crippen molar-refractivity contribution in [2.24, 2.45) is 5.14 Å². The molecule has 0 saturated heterocycles. The van der Waals surface area contributed by atoms with Crippen molar-refractivity contribution in [1.82, 2.24) is 4.98 Å². The van der Waals surface area contributed by atoms with E-state index in [-0.39, 0.29) is 5.92 Å². The van der Waals surface area contributed by atoms with Crippen LogP contribution in [0.3, 0.4) is 0 Å². The molecular weight excluding hydrogens is 252 g/mol. The zero-order valence-corrected chi connectivity index (χ0v) is 11.4. The van der Waals surface area contributed by atoms with Gasteiger partial charge in [0.15, 0.2) is 0 Å². The molecule has 0 amide bonds. The molecule has 15 heavy (non-hydrogen) atoms. The standard InChI is InChI=1S/C9H15ClN2OS2/c1-6(4-9(2,3)15(11)13)8-12-5-7(10)14-8/h5-6H,4,11H2,1-3H3/t6?,15-/m1/s1. The molecule has 0 saturated carbocycles. The highest BCUT2D eigenvalue weighted by Crippen LogP contribution is 2.32. The van der Waals surface area contributed by atoms with E-state index in [9.17, 15) is 4.21 Å². The number of nitrogens with zero attached hydrogens (tertiary/aromatic N) is 1. The maximum Gasteiger partial charge on any atom is 0.113 e. The number of thiazole rings is 1. The lowest BCUT2D eigenvalue weighted by Crippen LogP contribution is -2.33. The fourth-order valence-corrected chi connectivity index (χ4v) is 2.80. The summed E-state index contributed by atoms with van der Waals surface area (Å²) in [5.74, 6) is 0.227. The number of halogens is 1. The van der Waals surface area contributed by atoms with Crippen molar-refractivity contribution in [3.8, 4) is 0 Å². The smallest absolute Gasteiger partial charge is 0.113 e. The molecule has 2 N–H and O–H groups in total. The van der Waals surface area contributed by atoms with E-state index in [1.807, 2.05) is 20.8 Å². The Kier molecular flexibility index (Phi) is 4.29. The van der Waals surface area contributed by atoms with Crippen LogP contribution in [0.25, 0.3) is 0 Å². The van der Waals surface area contributed by atoms with Crippen molar-refractivity contribution in [3.05, 3.63) is 15.5 Å². The number of nitrogens with two attached hydrogens (primary N) is 1.